The summed E-state index contributed by atoms with van der Waals surface area (Å²) in [5.41, 5.74) is 2.26. The van der Waals surface area contributed by atoms with Crippen molar-refractivity contribution in [3.63, 3.8) is 0 Å². The molecule has 24 heavy (non-hydrogen) atoms. The first-order valence-corrected chi connectivity index (χ1v) is 9.16. The molecular weight excluding hydrogens is 300 g/mol. The molecule has 1 aliphatic heterocycles. The van der Waals surface area contributed by atoms with Gasteiger partial charge in [-0.15, -0.1) is 0 Å². The van der Waals surface area contributed by atoms with Gasteiger partial charge in [-0.05, 0) is 69.7 Å². The highest BCUT2D eigenvalue weighted by Gasteiger charge is 2.22. The second-order valence-electron chi connectivity index (χ2n) is 7.27. The Bertz CT molecular complexity index is 518. The van der Waals surface area contributed by atoms with Gasteiger partial charge in [-0.2, -0.15) is 0 Å². The maximum atomic E-state index is 12.3. The highest BCUT2D eigenvalue weighted by Crippen LogP contribution is 2.24. The van der Waals surface area contributed by atoms with Crippen LogP contribution in [0.15, 0.2) is 18.2 Å². The molecule has 1 fully saturated rings. The highest BCUT2D eigenvalue weighted by atomic mass is 16.5. The predicted molar refractivity (Wildman–Crippen MR) is 98.4 cm³/mol. The van der Waals surface area contributed by atoms with E-state index in [4.69, 9.17) is 4.74 Å². The predicted octanol–water partition coefficient (Wildman–Crippen LogP) is 3.21. The molecule has 1 aromatic rings. The summed E-state index contributed by atoms with van der Waals surface area (Å²) in [6.07, 6.45) is 2.97. The minimum Gasteiger partial charge on any atom is -0.491 e. The van der Waals surface area contributed by atoms with Gasteiger partial charge in [0.25, 0.3) is 0 Å². The maximum Gasteiger partial charge on any atom is 0.220 e. The number of rotatable bonds is 7. The Hall–Kier alpha value is -1.55. The largest absolute Gasteiger partial charge is 0.491 e. The number of piperidine rings is 1. The third-order valence-corrected chi connectivity index (χ3v) is 4.99. The molecule has 2 unspecified atom stereocenters. The van der Waals surface area contributed by atoms with Gasteiger partial charge < -0.3 is 15.4 Å². The van der Waals surface area contributed by atoms with Crippen molar-refractivity contribution in [2.75, 3.05) is 19.7 Å². The van der Waals surface area contributed by atoms with Gasteiger partial charge in [-0.25, -0.2) is 0 Å². The van der Waals surface area contributed by atoms with Crippen LogP contribution in [0.1, 0.15) is 44.2 Å². The molecule has 2 rings (SSSR count). The number of ether oxygens (including phenoxy) is 1. The quantitative estimate of drug-likeness (QED) is 0.806. The average Bonchev–Trinajstić information content (AvgIpc) is 2.55. The van der Waals surface area contributed by atoms with Crippen LogP contribution in [0, 0.1) is 25.7 Å². The van der Waals surface area contributed by atoms with E-state index >= 15 is 0 Å². The molecule has 134 valence electrons. The number of hydrogen-bond acceptors (Lipinski definition) is 3. The van der Waals surface area contributed by atoms with E-state index in [1.165, 1.54) is 12.8 Å². The molecule has 1 saturated heterocycles. The minimum absolute atomic E-state index is 0.0109. The summed E-state index contributed by atoms with van der Waals surface area (Å²) < 4.78 is 5.93. The van der Waals surface area contributed by atoms with E-state index in [1.54, 1.807) is 0 Å². The average molecular weight is 332 g/mol. The van der Waals surface area contributed by atoms with Gasteiger partial charge in [0.15, 0.2) is 0 Å². The van der Waals surface area contributed by atoms with Crippen LogP contribution in [-0.4, -0.2) is 31.6 Å². The zero-order valence-electron chi connectivity index (χ0n) is 15.5. The smallest absolute Gasteiger partial charge is 0.220 e. The summed E-state index contributed by atoms with van der Waals surface area (Å²) in [6.45, 7) is 11.0. The Kier molecular flexibility index (Phi) is 7.10. The Balaban J connectivity index is 1.75. The Morgan fingerprint density at radius 3 is 2.50 bits per heavy atom. The Morgan fingerprint density at radius 1 is 1.25 bits per heavy atom. The first kappa shape index (κ1) is 18.8. The van der Waals surface area contributed by atoms with Gasteiger partial charge in [-0.1, -0.05) is 25.1 Å². The van der Waals surface area contributed by atoms with Gasteiger partial charge in [0.05, 0.1) is 6.04 Å². The van der Waals surface area contributed by atoms with Crippen molar-refractivity contribution in [2.24, 2.45) is 11.8 Å². The topological polar surface area (TPSA) is 50.4 Å². The number of hydrogen-bond donors (Lipinski definition) is 2. The fourth-order valence-corrected chi connectivity index (χ4v) is 3.48. The molecule has 4 nitrogen and oxygen atoms in total. The third-order valence-electron chi connectivity index (χ3n) is 4.99. The van der Waals surface area contributed by atoms with Gasteiger partial charge >= 0.3 is 0 Å². The van der Waals surface area contributed by atoms with Crippen molar-refractivity contribution < 1.29 is 9.53 Å². The summed E-state index contributed by atoms with van der Waals surface area (Å²) >= 11 is 0. The molecule has 0 aromatic heterocycles. The lowest BCUT2D eigenvalue weighted by Crippen LogP contribution is -2.39. The number of amides is 1. The fraction of sp³-hybridized carbons (Fsp3) is 0.650. The molecule has 0 spiro atoms. The van der Waals surface area contributed by atoms with Crippen LogP contribution in [0.5, 0.6) is 5.75 Å². The number of carbonyl (C=O) groups excluding carboxylic acids is 1. The lowest BCUT2D eigenvalue weighted by Gasteiger charge is -2.28. The minimum atomic E-state index is 0.0109. The van der Waals surface area contributed by atoms with Crippen LogP contribution in [0.4, 0.5) is 0 Å². The summed E-state index contributed by atoms with van der Waals surface area (Å²) in [7, 11) is 0. The van der Waals surface area contributed by atoms with E-state index in [-0.39, 0.29) is 11.9 Å². The summed E-state index contributed by atoms with van der Waals surface area (Å²) in [6, 6.07) is 6.14. The molecule has 1 heterocycles. The molecule has 2 atom stereocenters. The van der Waals surface area contributed by atoms with E-state index in [9.17, 15) is 4.79 Å². The van der Waals surface area contributed by atoms with Crippen LogP contribution in [0.3, 0.4) is 0 Å². The van der Waals surface area contributed by atoms with Crippen LogP contribution < -0.4 is 15.4 Å². The van der Waals surface area contributed by atoms with E-state index in [0.29, 0.717) is 24.9 Å². The van der Waals surface area contributed by atoms with Crippen molar-refractivity contribution in [3.05, 3.63) is 29.3 Å². The molecule has 4 heteroatoms. The molecule has 1 amide bonds. The van der Waals surface area contributed by atoms with Crippen LogP contribution in [0.2, 0.25) is 0 Å². The molecule has 2 N–H and O–H groups in total. The van der Waals surface area contributed by atoms with Crippen molar-refractivity contribution >= 4 is 5.91 Å². The van der Waals surface area contributed by atoms with E-state index in [2.05, 4.69) is 17.6 Å². The van der Waals surface area contributed by atoms with Crippen molar-refractivity contribution in [2.45, 2.75) is 53.0 Å². The molecule has 0 saturated carbocycles. The SMILES string of the molecule is Cc1cccc(C)c1OCC(C)NC(=O)CC(C)C1CCNCC1. The number of aryl methyl sites for hydroxylation is 2. The number of para-hydroxylation sites is 1. The first-order chi connectivity index (χ1) is 11.5. The first-order valence-electron chi connectivity index (χ1n) is 9.16. The lowest BCUT2D eigenvalue weighted by molar-refractivity contribution is -0.123. The van der Waals surface area contributed by atoms with Gasteiger partial charge in [0.1, 0.15) is 12.4 Å². The standard InChI is InChI=1S/C20H32N2O2/c1-14-6-5-7-15(2)20(14)24-13-17(4)22-19(23)12-16(3)18-8-10-21-11-9-18/h5-7,16-18,21H,8-13H2,1-4H3,(H,22,23). The summed E-state index contributed by atoms with van der Waals surface area (Å²) in [5.74, 6) is 2.18. The molecule has 1 aromatic carbocycles. The zero-order chi connectivity index (χ0) is 17.5. The normalized spacial score (nSPS) is 18.0. The van der Waals surface area contributed by atoms with Crippen molar-refractivity contribution in [1.82, 2.24) is 10.6 Å². The molecule has 0 aliphatic carbocycles. The number of nitrogens with one attached hydrogen (secondary N) is 2. The second kappa shape index (κ2) is 9.07. The fourth-order valence-electron chi connectivity index (χ4n) is 3.48. The maximum absolute atomic E-state index is 12.3. The lowest BCUT2D eigenvalue weighted by atomic mass is 9.84. The second-order valence-corrected chi connectivity index (χ2v) is 7.27. The number of benzene rings is 1. The Morgan fingerprint density at radius 2 is 1.88 bits per heavy atom. The molecule has 1 aliphatic rings. The van der Waals surface area contributed by atoms with E-state index in [0.717, 1.165) is 30.0 Å². The van der Waals surface area contributed by atoms with E-state index in [1.807, 2.05) is 39.0 Å². The van der Waals surface area contributed by atoms with Gasteiger partial charge in [-0.3, -0.25) is 4.79 Å². The summed E-state index contributed by atoms with van der Waals surface area (Å²) in [5, 5.41) is 6.46. The zero-order valence-corrected chi connectivity index (χ0v) is 15.5. The Labute approximate surface area is 146 Å². The van der Waals surface area contributed by atoms with Crippen LogP contribution >= 0.6 is 0 Å². The van der Waals surface area contributed by atoms with Crippen molar-refractivity contribution in [1.29, 1.82) is 0 Å². The highest BCUT2D eigenvalue weighted by molar-refractivity contribution is 5.76. The molecule has 0 bridgehead atoms. The molecular formula is C20H32N2O2. The third kappa shape index (κ3) is 5.52. The number of carbonyl (C=O) groups is 1. The van der Waals surface area contributed by atoms with Crippen molar-refractivity contribution in [3.8, 4) is 5.75 Å². The summed E-state index contributed by atoms with van der Waals surface area (Å²) in [4.78, 5) is 12.3. The van der Waals surface area contributed by atoms with Gasteiger partial charge in [0.2, 0.25) is 5.91 Å². The monoisotopic (exact) mass is 332 g/mol. The van der Waals surface area contributed by atoms with Crippen LogP contribution in [0.25, 0.3) is 0 Å². The van der Waals surface area contributed by atoms with Crippen LogP contribution in [-0.2, 0) is 4.79 Å². The van der Waals surface area contributed by atoms with Gasteiger partial charge in [0, 0.05) is 6.42 Å². The molecule has 0 radical (unpaired) electrons. The van der Waals surface area contributed by atoms with E-state index < -0.39 is 0 Å².